The Hall–Kier alpha value is -3.55. The number of piperazine rings is 1. The summed E-state index contributed by atoms with van der Waals surface area (Å²) in [6.45, 7) is 6.72. The maximum Gasteiger partial charge on any atom is 0.274 e. The van der Waals surface area contributed by atoms with Crippen molar-refractivity contribution >= 4 is 23.4 Å². The number of hydrogen-bond acceptors (Lipinski definition) is 7. The second-order valence-corrected chi connectivity index (χ2v) is 7.04. The third-order valence-corrected chi connectivity index (χ3v) is 5.05. The quantitative estimate of drug-likeness (QED) is 0.734. The first kappa shape index (κ1) is 18.8. The average molecular weight is 389 g/mol. The molecule has 0 spiro atoms. The first-order valence-electron chi connectivity index (χ1n) is 9.58. The predicted molar refractivity (Wildman–Crippen MR) is 111 cm³/mol. The van der Waals surface area contributed by atoms with Gasteiger partial charge in [-0.15, -0.1) is 0 Å². The topological polar surface area (TPSA) is 87.1 Å². The van der Waals surface area contributed by atoms with Crippen molar-refractivity contribution in [3.05, 3.63) is 65.9 Å². The Bertz CT molecular complexity index is 984. The van der Waals surface area contributed by atoms with Gasteiger partial charge in [0, 0.05) is 44.3 Å². The van der Waals surface area contributed by atoms with Crippen LogP contribution in [0.4, 0.5) is 17.5 Å². The van der Waals surface area contributed by atoms with Crippen LogP contribution in [0.5, 0.6) is 0 Å². The number of benzene rings is 1. The Labute approximate surface area is 169 Å². The van der Waals surface area contributed by atoms with Gasteiger partial charge in [-0.1, -0.05) is 6.07 Å². The minimum atomic E-state index is -0.108. The van der Waals surface area contributed by atoms with Crippen LogP contribution in [-0.4, -0.2) is 56.9 Å². The van der Waals surface area contributed by atoms with Crippen molar-refractivity contribution in [1.82, 2.24) is 24.8 Å². The van der Waals surface area contributed by atoms with Crippen LogP contribution >= 0.6 is 0 Å². The second-order valence-electron chi connectivity index (χ2n) is 7.04. The number of aryl methyl sites for hydroxylation is 2. The van der Waals surface area contributed by atoms with E-state index in [1.54, 1.807) is 29.6 Å². The number of aromatic nitrogens is 4. The molecule has 2 aromatic heterocycles. The second kappa shape index (κ2) is 8.22. The molecule has 8 nitrogen and oxygen atoms in total. The van der Waals surface area contributed by atoms with Crippen LogP contribution in [0.15, 0.2) is 49.1 Å². The van der Waals surface area contributed by atoms with Gasteiger partial charge in [0.25, 0.3) is 5.91 Å². The smallest absolute Gasteiger partial charge is 0.274 e. The Morgan fingerprint density at radius 3 is 2.34 bits per heavy atom. The van der Waals surface area contributed by atoms with Gasteiger partial charge in [0.2, 0.25) is 5.95 Å². The Balaban J connectivity index is 1.36. The number of carbonyl (C=O) groups is 1. The average Bonchev–Trinajstić information content (AvgIpc) is 2.77. The monoisotopic (exact) mass is 389 g/mol. The van der Waals surface area contributed by atoms with Crippen LogP contribution in [0.2, 0.25) is 0 Å². The molecule has 1 aliphatic rings. The lowest BCUT2D eigenvalue weighted by molar-refractivity contribution is 0.0740. The highest BCUT2D eigenvalue weighted by molar-refractivity contribution is 5.92. The van der Waals surface area contributed by atoms with Crippen molar-refractivity contribution in [3.63, 3.8) is 0 Å². The molecule has 1 aliphatic heterocycles. The van der Waals surface area contributed by atoms with Crippen molar-refractivity contribution in [1.29, 1.82) is 0 Å². The molecular formula is C21H23N7O. The van der Waals surface area contributed by atoms with Gasteiger partial charge in [-0.05, 0) is 43.2 Å². The van der Waals surface area contributed by atoms with Crippen LogP contribution in [0.1, 0.15) is 21.6 Å². The summed E-state index contributed by atoms with van der Waals surface area (Å²) in [6, 6.07) is 7.91. The van der Waals surface area contributed by atoms with E-state index in [9.17, 15) is 4.79 Å². The van der Waals surface area contributed by atoms with Gasteiger partial charge in [0.05, 0.1) is 12.4 Å². The number of anilines is 3. The molecule has 0 radical (unpaired) electrons. The SMILES string of the molecule is Cc1ccc(Nc2cnc(C(=O)N3CCN(c4ncccn4)CC3)cn2)cc1C. The zero-order valence-corrected chi connectivity index (χ0v) is 16.5. The third-order valence-electron chi connectivity index (χ3n) is 5.05. The summed E-state index contributed by atoms with van der Waals surface area (Å²) in [5, 5.41) is 3.22. The molecule has 8 heteroatoms. The highest BCUT2D eigenvalue weighted by Crippen LogP contribution is 2.18. The molecule has 4 rings (SSSR count). The first-order valence-corrected chi connectivity index (χ1v) is 9.58. The zero-order valence-electron chi connectivity index (χ0n) is 16.5. The van der Waals surface area contributed by atoms with E-state index in [0.29, 0.717) is 43.6 Å². The molecule has 1 N–H and O–H groups in total. The molecule has 1 amide bonds. The molecule has 29 heavy (non-hydrogen) atoms. The molecule has 0 aliphatic carbocycles. The zero-order chi connectivity index (χ0) is 20.2. The van der Waals surface area contributed by atoms with Crippen LogP contribution in [0, 0.1) is 13.8 Å². The van der Waals surface area contributed by atoms with E-state index < -0.39 is 0 Å². The summed E-state index contributed by atoms with van der Waals surface area (Å²) in [5.74, 6) is 1.20. The molecule has 0 unspecified atom stereocenters. The number of nitrogens with zero attached hydrogens (tertiary/aromatic N) is 6. The molecule has 0 atom stereocenters. The van der Waals surface area contributed by atoms with Crippen LogP contribution < -0.4 is 10.2 Å². The summed E-state index contributed by atoms with van der Waals surface area (Å²) >= 11 is 0. The molecule has 1 fully saturated rings. The van der Waals surface area contributed by atoms with Gasteiger partial charge in [-0.2, -0.15) is 0 Å². The van der Waals surface area contributed by atoms with E-state index in [-0.39, 0.29) is 5.91 Å². The Morgan fingerprint density at radius 2 is 1.69 bits per heavy atom. The lowest BCUT2D eigenvalue weighted by Crippen LogP contribution is -2.49. The van der Waals surface area contributed by atoms with Crippen LogP contribution in [0.25, 0.3) is 0 Å². The lowest BCUT2D eigenvalue weighted by atomic mass is 10.1. The van der Waals surface area contributed by atoms with Crippen molar-refractivity contribution < 1.29 is 4.79 Å². The molecule has 3 heterocycles. The molecule has 148 valence electrons. The van der Waals surface area contributed by atoms with Crippen molar-refractivity contribution in [2.75, 3.05) is 36.4 Å². The van der Waals surface area contributed by atoms with Crippen molar-refractivity contribution in [2.24, 2.45) is 0 Å². The van der Waals surface area contributed by atoms with E-state index in [2.05, 4.69) is 56.1 Å². The van der Waals surface area contributed by atoms with Crippen molar-refractivity contribution in [3.8, 4) is 0 Å². The molecular weight excluding hydrogens is 366 g/mol. The largest absolute Gasteiger partial charge is 0.339 e. The minimum absolute atomic E-state index is 0.108. The van der Waals surface area contributed by atoms with E-state index in [4.69, 9.17) is 0 Å². The number of amides is 1. The molecule has 3 aromatic rings. The van der Waals surface area contributed by atoms with Crippen LogP contribution in [0.3, 0.4) is 0 Å². The fourth-order valence-electron chi connectivity index (χ4n) is 3.20. The van der Waals surface area contributed by atoms with Gasteiger partial charge < -0.3 is 15.1 Å². The molecule has 1 aromatic carbocycles. The van der Waals surface area contributed by atoms with Gasteiger partial charge in [0.1, 0.15) is 11.5 Å². The number of rotatable bonds is 4. The van der Waals surface area contributed by atoms with E-state index in [1.165, 1.54) is 17.3 Å². The summed E-state index contributed by atoms with van der Waals surface area (Å²) in [6.07, 6.45) is 6.57. The van der Waals surface area contributed by atoms with Gasteiger partial charge in [-0.25, -0.2) is 19.9 Å². The molecule has 0 bridgehead atoms. The van der Waals surface area contributed by atoms with Gasteiger partial charge >= 0.3 is 0 Å². The first-order chi connectivity index (χ1) is 14.1. The number of nitrogens with one attached hydrogen (secondary N) is 1. The lowest BCUT2D eigenvalue weighted by Gasteiger charge is -2.34. The predicted octanol–water partition coefficient (Wildman–Crippen LogP) is 2.59. The summed E-state index contributed by atoms with van der Waals surface area (Å²) in [4.78, 5) is 33.8. The van der Waals surface area contributed by atoms with E-state index >= 15 is 0 Å². The maximum absolute atomic E-state index is 12.7. The number of hydrogen-bond donors (Lipinski definition) is 1. The van der Waals surface area contributed by atoms with Crippen molar-refractivity contribution in [2.45, 2.75) is 13.8 Å². The minimum Gasteiger partial charge on any atom is -0.339 e. The highest BCUT2D eigenvalue weighted by atomic mass is 16.2. The normalized spacial score (nSPS) is 14.0. The fraction of sp³-hybridized carbons (Fsp3) is 0.286. The Morgan fingerprint density at radius 1 is 0.931 bits per heavy atom. The molecule has 1 saturated heterocycles. The summed E-state index contributed by atoms with van der Waals surface area (Å²) in [5.41, 5.74) is 3.73. The fourth-order valence-corrected chi connectivity index (χ4v) is 3.20. The summed E-state index contributed by atoms with van der Waals surface area (Å²) in [7, 11) is 0. The number of carbonyl (C=O) groups excluding carboxylic acids is 1. The van der Waals surface area contributed by atoms with Crippen LogP contribution in [-0.2, 0) is 0 Å². The third kappa shape index (κ3) is 4.31. The van der Waals surface area contributed by atoms with Gasteiger partial charge in [-0.3, -0.25) is 4.79 Å². The summed E-state index contributed by atoms with van der Waals surface area (Å²) < 4.78 is 0. The van der Waals surface area contributed by atoms with Gasteiger partial charge in [0.15, 0.2) is 0 Å². The standard InChI is InChI=1S/C21H23N7O/c1-15-4-5-17(12-16(15)2)26-19-14-24-18(13-25-19)20(29)27-8-10-28(11-9-27)21-22-6-3-7-23-21/h3-7,12-14H,8-11H2,1-2H3,(H,25,26). The highest BCUT2D eigenvalue weighted by Gasteiger charge is 2.24. The Kier molecular flexibility index (Phi) is 5.33. The molecule has 0 saturated carbocycles. The van der Waals surface area contributed by atoms with E-state index in [1.807, 2.05) is 6.07 Å². The maximum atomic E-state index is 12.7. The van der Waals surface area contributed by atoms with E-state index in [0.717, 1.165) is 5.69 Å².